The fraction of sp³-hybridized carbons (Fsp3) is 0.421. The average Bonchev–Trinajstić information content (AvgIpc) is 2.97. The molecular formula is C19H27N5O2S. The van der Waals surface area contributed by atoms with Gasteiger partial charge in [-0.1, -0.05) is 50.7 Å². The van der Waals surface area contributed by atoms with Gasteiger partial charge in [0.05, 0.1) is 5.25 Å². The molecule has 0 saturated heterocycles. The maximum atomic E-state index is 11.9. The predicted octanol–water partition coefficient (Wildman–Crippen LogP) is 2.65. The average molecular weight is 390 g/mol. The van der Waals surface area contributed by atoms with Gasteiger partial charge in [-0.3, -0.25) is 4.79 Å². The molecule has 1 amide bonds. The molecular weight excluding hydrogens is 362 g/mol. The van der Waals surface area contributed by atoms with Crippen molar-refractivity contribution in [2.45, 2.75) is 50.1 Å². The number of nitrogen functional groups attached to an aromatic ring is 1. The number of thioether (sulfide) groups is 1. The summed E-state index contributed by atoms with van der Waals surface area (Å²) in [7, 11) is 0. The number of nitrogens with two attached hydrogens (primary N) is 1. The number of nitrogens with one attached hydrogen (secondary N) is 1. The van der Waals surface area contributed by atoms with E-state index in [1.165, 1.54) is 22.0 Å². The summed E-state index contributed by atoms with van der Waals surface area (Å²) in [6.07, 6.45) is 1.63. The molecule has 0 aliphatic rings. The second-order valence-electron chi connectivity index (χ2n) is 7.13. The number of ether oxygens (including phenoxy) is 1. The van der Waals surface area contributed by atoms with Crippen LogP contribution in [-0.2, 0) is 16.8 Å². The molecule has 3 N–H and O–H groups in total. The number of amides is 1. The highest BCUT2D eigenvalue weighted by atomic mass is 32.2. The summed E-state index contributed by atoms with van der Waals surface area (Å²) in [6.45, 7) is 12.5. The van der Waals surface area contributed by atoms with Crippen molar-refractivity contribution in [2.24, 2.45) is 0 Å². The molecule has 0 bridgehead atoms. The SMILES string of the molecule is C=CCNC(=O)C(C)Sc1nnc(COc2ccc(C(C)(C)C)cc2)n1N. The second kappa shape index (κ2) is 8.94. The summed E-state index contributed by atoms with van der Waals surface area (Å²) < 4.78 is 7.11. The Hall–Kier alpha value is -2.48. The van der Waals surface area contributed by atoms with E-state index in [-0.39, 0.29) is 23.2 Å². The van der Waals surface area contributed by atoms with Gasteiger partial charge < -0.3 is 15.9 Å². The lowest BCUT2D eigenvalue weighted by Crippen LogP contribution is -2.31. The zero-order valence-corrected chi connectivity index (χ0v) is 17.0. The molecule has 0 aliphatic carbocycles. The maximum Gasteiger partial charge on any atom is 0.233 e. The van der Waals surface area contributed by atoms with Crippen molar-refractivity contribution in [3.8, 4) is 5.75 Å². The fourth-order valence-electron chi connectivity index (χ4n) is 2.21. The fourth-order valence-corrected chi connectivity index (χ4v) is 3.03. The lowest BCUT2D eigenvalue weighted by atomic mass is 9.87. The number of rotatable bonds is 8. The van der Waals surface area contributed by atoms with Crippen molar-refractivity contribution >= 4 is 17.7 Å². The number of carbonyl (C=O) groups is 1. The van der Waals surface area contributed by atoms with Crippen molar-refractivity contribution in [3.63, 3.8) is 0 Å². The molecule has 1 unspecified atom stereocenters. The quantitative estimate of drug-likeness (QED) is 0.409. The highest BCUT2D eigenvalue weighted by Gasteiger charge is 2.19. The first-order valence-electron chi connectivity index (χ1n) is 8.70. The van der Waals surface area contributed by atoms with Gasteiger partial charge in [-0.25, -0.2) is 4.68 Å². The molecule has 8 heteroatoms. The van der Waals surface area contributed by atoms with E-state index in [2.05, 4.69) is 42.9 Å². The van der Waals surface area contributed by atoms with Crippen LogP contribution in [0.4, 0.5) is 0 Å². The van der Waals surface area contributed by atoms with Crippen LogP contribution in [0.1, 0.15) is 39.1 Å². The van der Waals surface area contributed by atoms with Crippen molar-refractivity contribution in [1.82, 2.24) is 20.2 Å². The highest BCUT2D eigenvalue weighted by Crippen LogP contribution is 2.25. The minimum absolute atomic E-state index is 0.0940. The highest BCUT2D eigenvalue weighted by molar-refractivity contribution is 8.00. The van der Waals surface area contributed by atoms with Crippen LogP contribution in [0, 0.1) is 0 Å². The number of nitrogens with zero attached hydrogens (tertiary/aromatic N) is 3. The topological polar surface area (TPSA) is 95.1 Å². The van der Waals surface area contributed by atoms with E-state index in [1.807, 2.05) is 24.3 Å². The standard InChI is InChI=1S/C19H27N5O2S/c1-6-11-21-17(25)13(2)27-18-23-22-16(24(18)20)12-26-15-9-7-14(8-10-15)19(3,4)5/h6-10,13H,1,11-12,20H2,2-5H3,(H,21,25). The molecule has 0 radical (unpaired) electrons. The van der Waals surface area contributed by atoms with Gasteiger partial charge in [0.2, 0.25) is 11.1 Å². The Morgan fingerprint density at radius 1 is 1.37 bits per heavy atom. The first-order chi connectivity index (χ1) is 12.7. The van der Waals surface area contributed by atoms with Gasteiger partial charge in [-0.2, -0.15) is 0 Å². The third-order valence-corrected chi connectivity index (χ3v) is 4.95. The Labute approximate surface area is 164 Å². The first-order valence-corrected chi connectivity index (χ1v) is 9.58. The van der Waals surface area contributed by atoms with Crippen LogP contribution in [-0.4, -0.2) is 32.6 Å². The molecule has 1 aromatic carbocycles. The van der Waals surface area contributed by atoms with Crippen molar-refractivity contribution < 1.29 is 9.53 Å². The number of carbonyl (C=O) groups excluding carboxylic acids is 1. The third-order valence-electron chi connectivity index (χ3n) is 3.90. The van der Waals surface area contributed by atoms with E-state index < -0.39 is 0 Å². The Morgan fingerprint density at radius 3 is 2.63 bits per heavy atom. The lowest BCUT2D eigenvalue weighted by Gasteiger charge is -2.19. The van der Waals surface area contributed by atoms with Crippen molar-refractivity contribution in [1.29, 1.82) is 0 Å². The number of hydrogen-bond donors (Lipinski definition) is 2. The minimum Gasteiger partial charge on any atom is -0.486 e. The zero-order chi connectivity index (χ0) is 20.0. The van der Waals surface area contributed by atoms with Gasteiger partial charge in [-0.05, 0) is 30.0 Å². The summed E-state index contributed by atoms with van der Waals surface area (Å²) >= 11 is 1.24. The van der Waals surface area contributed by atoms with Gasteiger partial charge >= 0.3 is 0 Å². The molecule has 0 saturated carbocycles. The Morgan fingerprint density at radius 2 is 2.04 bits per heavy atom. The zero-order valence-electron chi connectivity index (χ0n) is 16.2. The molecule has 2 aromatic rings. The summed E-state index contributed by atoms with van der Waals surface area (Å²) in [5.41, 5.74) is 1.33. The van der Waals surface area contributed by atoms with Crippen LogP contribution in [0.3, 0.4) is 0 Å². The summed E-state index contributed by atoms with van der Waals surface area (Å²) in [4.78, 5) is 11.9. The van der Waals surface area contributed by atoms with E-state index >= 15 is 0 Å². The molecule has 0 spiro atoms. The van der Waals surface area contributed by atoms with E-state index in [9.17, 15) is 4.79 Å². The second-order valence-corrected chi connectivity index (χ2v) is 8.43. The predicted molar refractivity (Wildman–Crippen MR) is 108 cm³/mol. The van der Waals surface area contributed by atoms with Crippen LogP contribution >= 0.6 is 11.8 Å². The largest absolute Gasteiger partial charge is 0.486 e. The molecule has 146 valence electrons. The molecule has 1 atom stereocenters. The maximum absolute atomic E-state index is 11.9. The van der Waals surface area contributed by atoms with Gasteiger partial charge in [-0.15, -0.1) is 16.8 Å². The van der Waals surface area contributed by atoms with E-state index in [1.54, 1.807) is 13.0 Å². The molecule has 7 nitrogen and oxygen atoms in total. The molecule has 0 fully saturated rings. The van der Waals surface area contributed by atoms with E-state index in [4.69, 9.17) is 10.6 Å². The van der Waals surface area contributed by atoms with Crippen LogP contribution in [0.15, 0.2) is 42.1 Å². The van der Waals surface area contributed by atoms with Crippen molar-refractivity contribution in [3.05, 3.63) is 48.3 Å². The van der Waals surface area contributed by atoms with Gasteiger partial charge in [0, 0.05) is 6.54 Å². The Balaban J connectivity index is 1.95. The van der Waals surface area contributed by atoms with Gasteiger partial charge in [0.25, 0.3) is 0 Å². The normalized spacial score (nSPS) is 12.4. The minimum atomic E-state index is -0.352. The smallest absolute Gasteiger partial charge is 0.233 e. The van der Waals surface area contributed by atoms with E-state index in [0.29, 0.717) is 17.5 Å². The summed E-state index contributed by atoms with van der Waals surface area (Å²) in [6, 6.07) is 7.96. The van der Waals surface area contributed by atoms with Crippen LogP contribution < -0.4 is 15.9 Å². The molecule has 27 heavy (non-hydrogen) atoms. The van der Waals surface area contributed by atoms with Crippen LogP contribution in [0.25, 0.3) is 0 Å². The number of benzene rings is 1. The van der Waals surface area contributed by atoms with Crippen LogP contribution in [0.2, 0.25) is 0 Å². The van der Waals surface area contributed by atoms with Gasteiger partial charge in [0.15, 0.2) is 5.82 Å². The van der Waals surface area contributed by atoms with Gasteiger partial charge in [0.1, 0.15) is 12.4 Å². The summed E-state index contributed by atoms with van der Waals surface area (Å²) in [5, 5.41) is 10.9. The van der Waals surface area contributed by atoms with Crippen LogP contribution in [0.5, 0.6) is 5.75 Å². The third kappa shape index (κ3) is 5.75. The molecule has 0 aliphatic heterocycles. The summed E-state index contributed by atoms with van der Waals surface area (Å²) in [5.74, 6) is 7.14. The lowest BCUT2D eigenvalue weighted by molar-refractivity contribution is -0.120. The molecule has 2 rings (SSSR count). The molecule has 1 aromatic heterocycles. The van der Waals surface area contributed by atoms with Crippen molar-refractivity contribution in [2.75, 3.05) is 12.4 Å². The number of hydrogen-bond acceptors (Lipinski definition) is 6. The monoisotopic (exact) mass is 389 g/mol. The molecule has 1 heterocycles. The number of aromatic nitrogens is 3. The Kier molecular flexibility index (Phi) is 6.90. The first kappa shape index (κ1) is 20.8. The van der Waals surface area contributed by atoms with E-state index in [0.717, 1.165) is 5.75 Å². The Bertz CT molecular complexity index is 780.